The van der Waals surface area contributed by atoms with Gasteiger partial charge < -0.3 is 0 Å². The molecule has 0 bridgehead atoms. The maximum Gasteiger partial charge on any atom is 0.243 e. The molecule has 0 amide bonds. The second kappa shape index (κ2) is 6.93. The lowest BCUT2D eigenvalue weighted by molar-refractivity contribution is 0.203. The highest BCUT2D eigenvalue weighted by molar-refractivity contribution is 7.89. The molecule has 0 saturated carbocycles. The molecule has 1 heterocycles. The molecule has 1 saturated heterocycles. The fraction of sp³-hybridized carbons (Fsp3) is 0.529. The average Bonchev–Trinajstić information content (AvgIpc) is 2.45. The molecule has 128 valence electrons. The second-order valence-electron chi connectivity index (χ2n) is 6.29. The first kappa shape index (κ1) is 18.5. The highest BCUT2D eigenvalue weighted by atomic mass is 35.5. The number of halogens is 1. The molecule has 1 aliphatic rings. The molecule has 6 heteroatoms. The van der Waals surface area contributed by atoms with Crippen LogP contribution in [-0.2, 0) is 10.0 Å². The summed E-state index contributed by atoms with van der Waals surface area (Å²) in [4.78, 5) is 2.60. The molecule has 23 heavy (non-hydrogen) atoms. The lowest BCUT2D eigenvalue weighted by atomic mass is 10.0. The van der Waals surface area contributed by atoms with Crippen LogP contribution in [0.1, 0.15) is 22.3 Å². The SMILES string of the molecule is C=C(Cl)CN1CCN(S(=O)(=O)c2c(C)c(C)cc(C)c2C)CC1. The summed E-state index contributed by atoms with van der Waals surface area (Å²) in [5.41, 5.74) is 3.74. The van der Waals surface area contributed by atoms with E-state index in [9.17, 15) is 8.42 Å². The molecule has 0 N–H and O–H groups in total. The van der Waals surface area contributed by atoms with E-state index >= 15 is 0 Å². The van der Waals surface area contributed by atoms with Gasteiger partial charge in [-0.05, 0) is 49.9 Å². The highest BCUT2D eigenvalue weighted by Gasteiger charge is 2.31. The monoisotopic (exact) mass is 356 g/mol. The van der Waals surface area contributed by atoms with Crippen molar-refractivity contribution in [1.82, 2.24) is 9.21 Å². The van der Waals surface area contributed by atoms with Gasteiger partial charge in [0.05, 0.1) is 4.90 Å². The van der Waals surface area contributed by atoms with Crippen LogP contribution in [0, 0.1) is 27.7 Å². The summed E-state index contributed by atoms with van der Waals surface area (Å²) in [6.07, 6.45) is 0. The van der Waals surface area contributed by atoms with E-state index in [0.717, 1.165) is 22.3 Å². The maximum atomic E-state index is 13.1. The van der Waals surface area contributed by atoms with Crippen molar-refractivity contribution >= 4 is 21.6 Å². The molecule has 0 unspecified atom stereocenters. The second-order valence-corrected chi connectivity index (χ2v) is 8.70. The highest BCUT2D eigenvalue weighted by Crippen LogP contribution is 2.29. The van der Waals surface area contributed by atoms with Gasteiger partial charge in [-0.25, -0.2) is 8.42 Å². The Morgan fingerprint density at radius 1 is 1.09 bits per heavy atom. The molecule has 0 radical (unpaired) electrons. The summed E-state index contributed by atoms with van der Waals surface area (Å²) in [7, 11) is -3.47. The number of hydrogen-bond acceptors (Lipinski definition) is 3. The maximum absolute atomic E-state index is 13.1. The molecule has 0 spiro atoms. The first-order valence-corrected chi connectivity index (χ1v) is 9.59. The number of piperazine rings is 1. The van der Waals surface area contributed by atoms with Gasteiger partial charge in [0.15, 0.2) is 0 Å². The normalized spacial score (nSPS) is 17.4. The Labute approximate surface area is 144 Å². The van der Waals surface area contributed by atoms with Gasteiger partial charge in [0.1, 0.15) is 0 Å². The fourth-order valence-corrected chi connectivity index (χ4v) is 5.23. The third kappa shape index (κ3) is 3.79. The molecule has 1 aromatic rings. The summed E-state index contributed by atoms with van der Waals surface area (Å²) in [5.74, 6) is 0. The van der Waals surface area contributed by atoms with Gasteiger partial charge in [-0.2, -0.15) is 4.31 Å². The van der Waals surface area contributed by atoms with Crippen LogP contribution in [-0.4, -0.2) is 50.3 Å². The van der Waals surface area contributed by atoms with Crippen molar-refractivity contribution < 1.29 is 8.42 Å². The Balaban J connectivity index is 2.29. The summed E-state index contributed by atoms with van der Waals surface area (Å²) in [5, 5.41) is 0.585. The molecule has 0 aliphatic carbocycles. The van der Waals surface area contributed by atoms with Crippen molar-refractivity contribution in [2.24, 2.45) is 0 Å². The number of aryl methyl sites for hydroxylation is 2. The van der Waals surface area contributed by atoms with E-state index in [1.54, 1.807) is 4.31 Å². The zero-order valence-electron chi connectivity index (χ0n) is 14.3. The summed E-state index contributed by atoms with van der Waals surface area (Å²) >= 11 is 5.84. The quantitative estimate of drug-likeness (QED) is 0.832. The van der Waals surface area contributed by atoms with Gasteiger partial charge in [0.2, 0.25) is 10.0 Å². The Morgan fingerprint density at radius 2 is 1.57 bits per heavy atom. The van der Waals surface area contributed by atoms with Crippen LogP contribution in [0.15, 0.2) is 22.6 Å². The topological polar surface area (TPSA) is 40.6 Å². The Hall–Kier alpha value is -0.880. The van der Waals surface area contributed by atoms with E-state index in [-0.39, 0.29) is 0 Å². The Kier molecular flexibility index (Phi) is 5.56. The minimum Gasteiger partial charge on any atom is -0.296 e. The Morgan fingerprint density at radius 3 is 2.00 bits per heavy atom. The molecule has 4 nitrogen and oxygen atoms in total. The largest absolute Gasteiger partial charge is 0.296 e. The number of hydrogen-bond donors (Lipinski definition) is 0. The summed E-state index contributed by atoms with van der Waals surface area (Å²) in [6.45, 7) is 14.3. The predicted molar refractivity (Wildman–Crippen MR) is 95.6 cm³/mol. The molecule has 2 rings (SSSR count). The minimum atomic E-state index is -3.47. The predicted octanol–water partition coefficient (Wildman–Crippen LogP) is 2.98. The lowest BCUT2D eigenvalue weighted by Crippen LogP contribution is -2.49. The van der Waals surface area contributed by atoms with Gasteiger partial charge >= 0.3 is 0 Å². The Bertz CT molecular complexity index is 694. The van der Waals surface area contributed by atoms with E-state index in [2.05, 4.69) is 11.5 Å². The van der Waals surface area contributed by atoms with Crippen LogP contribution in [0.5, 0.6) is 0 Å². The minimum absolute atomic E-state index is 0.477. The van der Waals surface area contributed by atoms with Crippen LogP contribution >= 0.6 is 11.6 Å². The van der Waals surface area contributed by atoms with Crippen molar-refractivity contribution in [3.05, 3.63) is 39.9 Å². The van der Waals surface area contributed by atoms with Crippen LogP contribution in [0.3, 0.4) is 0 Å². The van der Waals surface area contributed by atoms with Crippen LogP contribution < -0.4 is 0 Å². The molecular formula is C17H25ClN2O2S. The van der Waals surface area contributed by atoms with E-state index < -0.39 is 10.0 Å². The molecular weight excluding hydrogens is 332 g/mol. The van der Waals surface area contributed by atoms with Gasteiger partial charge in [0, 0.05) is 37.8 Å². The van der Waals surface area contributed by atoms with Gasteiger partial charge in [0.25, 0.3) is 0 Å². The van der Waals surface area contributed by atoms with E-state index in [4.69, 9.17) is 11.6 Å². The summed E-state index contributed by atoms with van der Waals surface area (Å²) < 4.78 is 27.8. The van der Waals surface area contributed by atoms with Gasteiger partial charge in [-0.1, -0.05) is 24.2 Å². The third-order valence-corrected chi connectivity index (χ3v) is 6.91. The number of sulfonamides is 1. The van der Waals surface area contributed by atoms with Crippen LogP contribution in [0.25, 0.3) is 0 Å². The lowest BCUT2D eigenvalue weighted by Gasteiger charge is -2.34. The standard InChI is InChI=1S/C17H25ClN2O2S/c1-12-10-13(2)16(5)17(15(12)4)23(21,22)20-8-6-19(7-9-20)11-14(3)18/h10H,3,6-9,11H2,1-2,4-5H3. The van der Waals surface area contributed by atoms with E-state index in [1.165, 1.54) is 0 Å². The van der Waals surface area contributed by atoms with Crippen LogP contribution in [0.4, 0.5) is 0 Å². The van der Waals surface area contributed by atoms with Gasteiger partial charge in [-0.15, -0.1) is 0 Å². The molecule has 1 fully saturated rings. The molecule has 0 aromatic heterocycles. The first-order chi connectivity index (χ1) is 10.6. The van der Waals surface area contributed by atoms with Crippen molar-refractivity contribution in [1.29, 1.82) is 0 Å². The average molecular weight is 357 g/mol. The van der Waals surface area contributed by atoms with Crippen molar-refractivity contribution in [3.63, 3.8) is 0 Å². The molecule has 1 aliphatic heterocycles. The summed E-state index contributed by atoms with van der Waals surface area (Å²) in [6, 6.07) is 2.05. The van der Waals surface area contributed by atoms with Crippen LogP contribution in [0.2, 0.25) is 0 Å². The number of benzene rings is 1. The van der Waals surface area contributed by atoms with Crippen molar-refractivity contribution in [2.45, 2.75) is 32.6 Å². The van der Waals surface area contributed by atoms with Crippen molar-refractivity contribution in [2.75, 3.05) is 32.7 Å². The fourth-order valence-electron chi connectivity index (χ4n) is 3.07. The zero-order chi connectivity index (χ0) is 17.4. The van der Waals surface area contributed by atoms with Crippen molar-refractivity contribution in [3.8, 4) is 0 Å². The van der Waals surface area contributed by atoms with E-state index in [0.29, 0.717) is 42.7 Å². The number of nitrogens with zero attached hydrogens (tertiary/aromatic N) is 2. The van der Waals surface area contributed by atoms with Gasteiger partial charge in [-0.3, -0.25) is 4.90 Å². The smallest absolute Gasteiger partial charge is 0.243 e. The van der Waals surface area contributed by atoms with E-state index in [1.807, 2.05) is 33.8 Å². The first-order valence-electron chi connectivity index (χ1n) is 7.77. The third-order valence-electron chi connectivity index (χ3n) is 4.62. The molecule has 1 aromatic carbocycles. The molecule has 0 atom stereocenters. The zero-order valence-corrected chi connectivity index (χ0v) is 15.9. The number of rotatable bonds is 4.